The molecule has 0 radical (unpaired) electrons. The fraction of sp³-hybridized carbons (Fsp3) is 0.158. The Balaban J connectivity index is 1.88. The van der Waals surface area contributed by atoms with Crippen molar-refractivity contribution in [3.05, 3.63) is 66.4 Å². The van der Waals surface area contributed by atoms with E-state index in [-0.39, 0.29) is 4.90 Å². The van der Waals surface area contributed by atoms with Crippen molar-refractivity contribution in [2.24, 2.45) is 0 Å². The van der Waals surface area contributed by atoms with Crippen molar-refractivity contribution >= 4 is 15.7 Å². The first-order valence-electron chi connectivity index (χ1n) is 7.96. The number of anilines is 1. The maximum absolute atomic E-state index is 11.6. The number of ether oxygens (including phenoxy) is 1. The lowest BCUT2D eigenvalue weighted by Gasteiger charge is -2.11. The minimum Gasteiger partial charge on any atom is -0.479 e. The van der Waals surface area contributed by atoms with Gasteiger partial charge in [-0.2, -0.15) is 0 Å². The highest BCUT2D eigenvalue weighted by atomic mass is 32.2. The van der Waals surface area contributed by atoms with Crippen molar-refractivity contribution in [1.82, 2.24) is 9.97 Å². The molecule has 0 aliphatic heterocycles. The number of aromatic nitrogens is 2. The zero-order valence-corrected chi connectivity index (χ0v) is 15.3. The van der Waals surface area contributed by atoms with Gasteiger partial charge in [0.15, 0.2) is 9.84 Å². The molecule has 0 saturated carbocycles. The number of sulfone groups is 1. The lowest BCUT2D eigenvalue weighted by atomic mass is 10.1. The molecule has 0 atom stereocenters. The molecular weight excluding hydrogens is 350 g/mol. The minimum atomic E-state index is -3.24. The van der Waals surface area contributed by atoms with Crippen LogP contribution in [0, 0.1) is 0 Å². The van der Waals surface area contributed by atoms with Crippen LogP contribution in [0.25, 0.3) is 11.3 Å². The fourth-order valence-electron chi connectivity index (χ4n) is 2.45. The first-order valence-corrected chi connectivity index (χ1v) is 9.86. The molecule has 0 spiro atoms. The van der Waals surface area contributed by atoms with Crippen LogP contribution >= 0.6 is 0 Å². The molecule has 1 aromatic heterocycles. The van der Waals surface area contributed by atoms with Gasteiger partial charge in [0.2, 0.25) is 5.88 Å². The summed E-state index contributed by atoms with van der Waals surface area (Å²) in [6, 6.07) is 16.5. The van der Waals surface area contributed by atoms with Gasteiger partial charge in [-0.15, -0.1) is 0 Å². The van der Waals surface area contributed by atoms with Gasteiger partial charge in [0.25, 0.3) is 0 Å². The summed E-state index contributed by atoms with van der Waals surface area (Å²) in [7, 11) is -1.72. The van der Waals surface area contributed by atoms with Gasteiger partial charge in [-0.05, 0) is 17.7 Å². The third-order valence-corrected chi connectivity index (χ3v) is 4.93. The molecule has 7 heteroatoms. The minimum absolute atomic E-state index is 0.256. The molecule has 3 aromatic rings. The number of hydrogen-bond donors (Lipinski definition) is 1. The molecule has 0 aliphatic carbocycles. The number of methoxy groups -OCH3 is 1. The van der Waals surface area contributed by atoms with Crippen LogP contribution in [0.4, 0.5) is 5.82 Å². The second-order valence-corrected chi connectivity index (χ2v) is 7.76. The van der Waals surface area contributed by atoms with E-state index in [0.717, 1.165) is 11.1 Å². The predicted octanol–water partition coefficient (Wildman–Crippen LogP) is 3.17. The Morgan fingerprint density at radius 3 is 2.35 bits per heavy atom. The topological polar surface area (TPSA) is 81.2 Å². The van der Waals surface area contributed by atoms with Crippen molar-refractivity contribution < 1.29 is 13.2 Å². The van der Waals surface area contributed by atoms with Gasteiger partial charge >= 0.3 is 0 Å². The molecule has 3 rings (SSSR count). The SMILES string of the molecule is COc1ncc(NCc2ccccc2)nc1-c1ccc(S(C)(=O)=O)cc1. The van der Waals surface area contributed by atoms with Crippen LogP contribution in [0.1, 0.15) is 5.56 Å². The van der Waals surface area contributed by atoms with Crippen LogP contribution in [0.5, 0.6) is 5.88 Å². The number of hydrogen-bond acceptors (Lipinski definition) is 6. The van der Waals surface area contributed by atoms with Crippen molar-refractivity contribution in [3.63, 3.8) is 0 Å². The Hall–Kier alpha value is -2.93. The lowest BCUT2D eigenvalue weighted by molar-refractivity contribution is 0.398. The molecule has 0 fully saturated rings. The molecule has 2 aromatic carbocycles. The first kappa shape index (κ1) is 17.9. The third-order valence-electron chi connectivity index (χ3n) is 3.80. The third kappa shape index (κ3) is 4.18. The van der Waals surface area contributed by atoms with Gasteiger partial charge in [0.05, 0.1) is 18.2 Å². The van der Waals surface area contributed by atoms with Crippen molar-refractivity contribution in [3.8, 4) is 17.1 Å². The standard InChI is InChI=1S/C19H19N3O3S/c1-25-19-18(15-8-10-16(11-9-15)26(2,23)24)22-17(13-21-19)20-12-14-6-4-3-5-7-14/h3-11,13H,12H2,1-2H3,(H,20,22). The van der Waals surface area contributed by atoms with E-state index < -0.39 is 9.84 Å². The van der Waals surface area contributed by atoms with Gasteiger partial charge < -0.3 is 10.1 Å². The monoisotopic (exact) mass is 369 g/mol. The molecule has 6 nitrogen and oxygen atoms in total. The second-order valence-electron chi connectivity index (χ2n) is 5.75. The Kier molecular flexibility index (Phi) is 5.18. The van der Waals surface area contributed by atoms with E-state index >= 15 is 0 Å². The van der Waals surface area contributed by atoms with E-state index in [1.54, 1.807) is 30.5 Å². The summed E-state index contributed by atoms with van der Waals surface area (Å²) in [6.45, 7) is 0.619. The van der Waals surface area contributed by atoms with E-state index in [2.05, 4.69) is 15.3 Å². The zero-order valence-electron chi connectivity index (χ0n) is 14.5. The molecule has 0 aliphatic rings. The summed E-state index contributed by atoms with van der Waals surface area (Å²) in [5.41, 5.74) is 2.40. The van der Waals surface area contributed by atoms with Crippen LogP contribution < -0.4 is 10.1 Å². The quantitative estimate of drug-likeness (QED) is 0.719. The smallest absolute Gasteiger partial charge is 0.240 e. The van der Waals surface area contributed by atoms with Crippen LogP contribution in [0.15, 0.2) is 65.7 Å². The van der Waals surface area contributed by atoms with Gasteiger partial charge in [-0.3, -0.25) is 0 Å². The van der Waals surface area contributed by atoms with Crippen LogP contribution in [0.3, 0.4) is 0 Å². The number of nitrogens with one attached hydrogen (secondary N) is 1. The van der Waals surface area contributed by atoms with Gasteiger partial charge in [0, 0.05) is 18.4 Å². The van der Waals surface area contributed by atoms with E-state index in [1.165, 1.54) is 13.4 Å². The van der Waals surface area contributed by atoms with Crippen LogP contribution in [-0.4, -0.2) is 31.8 Å². The summed E-state index contributed by atoms with van der Waals surface area (Å²) in [5.74, 6) is 0.985. The second kappa shape index (κ2) is 7.53. The summed E-state index contributed by atoms with van der Waals surface area (Å²) in [4.78, 5) is 9.12. The molecule has 26 heavy (non-hydrogen) atoms. The van der Waals surface area contributed by atoms with Gasteiger partial charge in [-0.25, -0.2) is 18.4 Å². The molecule has 0 bridgehead atoms. The van der Waals surface area contributed by atoms with Crippen LogP contribution in [0.2, 0.25) is 0 Å². The molecule has 0 unspecified atom stereocenters. The van der Waals surface area contributed by atoms with Crippen molar-refractivity contribution in [2.45, 2.75) is 11.4 Å². The Morgan fingerprint density at radius 2 is 1.73 bits per heavy atom. The number of benzene rings is 2. The van der Waals surface area contributed by atoms with E-state index in [4.69, 9.17) is 4.74 Å². The average Bonchev–Trinajstić information content (AvgIpc) is 2.66. The molecule has 0 saturated heterocycles. The number of rotatable bonds is 6. The molecule has 0 amide bonds. The van der Waals surface area contributed by atoms with E-state index in [1.807, 2.05) is 30.3 Å². The number of nitrogens with zero attached hydrogens (tertiary/aromatic N) is 2. The van der Waals surface area contributed by atoms with Crippen molar-refractivity contribution in [2.75, 3.05) is 18.7 Å². The van der Waals surface area contributed by atoms with Crippen molar-refractivity contribution in [1.29, 1.82) is 0 Å². The summed E-state index contributed by atoms with van der Waals surface area (Å²) < 4.78 is 28.5. The maximum Gasteiger partial charge on any atom is 0.240 e. The summed E-state index contributed by atoms with van der Waals surface area (Å²) in [6.07, 6.45) is 2.78. The fourth-order valence-corrected chi connectivity index (χ4v) is 3.08. The van der Waals surface area contributed by atoms with E-state index in [9.17, 15) is 8.42 Å². The normalized spacial score (nSPS) is 11.2. The molecule has 1 N–H and O–H groups in total. The lowest BCUT2D eigenvalue weighted by Crippen LogP contribution is -2.04. The van der Waals surface area contributed by atoms with Gasteiger partial charge in [0.1, 0.15) is 11.5 Å². The van der Waals surface area contributed by atoms with Gasteiger partial charge in [-0.1, -0.05) is 42.5 Å². The molecule has 1 heterocycles. The summed E-state index contributed by atoms with van der Waals surface area (Å²) in [5, 5.41) is 3.23. The Bertz CT molecular complexity index is 988. The Morgan fingerprint density at radius 1 is 1.04 bits per heavy atom. The predicted molar refractivity (Wildman–Crippen MR) is 101 cm³/mol. The first-order chi connectivity index (χ1) is 12.5. The largest absolute Gasteiger partial charge is 0.479 e. The highest BCUT2D eigenvalue weighted by molar-refractivity contribution is 7.90. The highest BCUT2D eigenvalue weighted by Crippen LogP contribution is 2.28. The highest BCUT2D eigenvalue weighted by Gasteiger charge is 2.13. The van der Waals surface area contributed by atoms with E-state index in [0.29, 0.717) is 23.9 Å². The van der Waals surface area contributed by atoms with Crippen LogP contribution in [-0.2, 0) is 16.4 Å². The summed E-state index contributed by atoms with van der Waals surface area (Å²) >= 11 is 0. The maximum atomic E-state index is 11.6. The zero-order chi connectivity index (χ0) is 18.6. The average molecular weight is 369 g/mol. The molecule has 134 valence electrons. The Labute approximate surface area is 152 Å². The molecular formula is C19H19N3O3S.